The fourth-order valence-corrected chi connectivity index (χ4v) is 2.98. The molecule has 0 bridgehead atoms. The Morgan fingerprint density at radius 2 is 2.44 bits per heavy atom. The minimum Gasteiger partial charge on any atom is -0.341 e. The van der Waals surface area contributed by atoms with Crippen LogP contribution in [0.1, 0.15) is 30.5 Å². The second-order valence-electron chi connectivity index (χ2n) is 4.75. The van der Waals surface area contributed by atoms with Crippen LogP contribution in [0, 0.1) is 6.92 Å². The number of hydrogen-bond donors (Lipinski definition) is 1. The summed E-state index contributed by atoms with van der Waals surface area (Å²) in [5, 5.41) is 6.50. The summed E-state index contributed by atoms with van der Waals surface area (Å²) in [6.07, 6.45) is 2.89. The largest absolute Gasteiger partial charge is 0.341 e. The quantitative estimate of drug-likeness (QED) is 0.851. The van der Waals surface area contributed by atoms with Crippen molar-refractivity contribution >= 4 is 17.2 Å². The van der Waals surface area contributed by atoms with Gasteiger partial charge in [0, 0.05) is 30.6 Å². The van der Waals surface area contributed by atoms with Crippen LogP contribution in [0.25, 0.3) is 0 Å². The van der Waals surface area contributed by atoms with Gasteiger partial charge in [-0.05, 0) is 26.3 Å². The Morgan fingerprint density at radius 1 is 1.61 bits per heavy atom. The standard InChI is InChI=1S/C13H21N3OS/c1-3-6-14-11-4-7-16(13(11)17)8-5-12-15-10(2)9-18-12/h9,11,14H,3-8H2,1-2H3. The molecular weight excluding hydrogens is 246 g/mol. The number of rotatable bonds is 6. The lowest BCUT2D eigenvalue weighted by molar-refractivity contribution is -0.129. The van der Waals surface area contributed by atoms with Crippen LogP contribution in [0.3, 0.4) is 0 Å². The molecule has 4 nitrogen and oxygen atoms in total. The average molecular weight is 267 g/mol. The highest BCUT2D eigenvalue weighted by atomic mass is 32.1. The Bertz CT molecular complexity index is 405. The van der Waals surface area contributed by atoms with Crippen LogP contribution in [0.15, 0.2) is 5.38 Å². The summed E-state index contributed by atoms with van der Waals surface area (Å²) in [5.74, 6) is 0.261. The zero-order valence-electron chi connectivity index (χ0n) is 11.1. The second kappa shape index (κ2) is 6.29. The van der Waals surface area contributed by atoms with Gasteiger partial charge in [0.15, 0.2) is 0 Å². The molecule has 0 aromatic carbocycles. The molecule has 5 heteroatoms. The van der Waals surface area contributed by atoms with Gasteiger partial charge in [-0.15, -0.1) is 11.3 Å². The maximum Gasteiger partial charge on any atom is 0.239 e. The molecule has 100 valence electrons. The first kappa shape index (κ1) is 13.5. The molecule has 1 saturated heterocycles. The molecule has 0 radical (unpaired) electrons. The fraction of sp³-hybridized carbons (Fsp3) is 0.692. The first-order valence-electron chi connectivity index (χ1n) is 6.64. The van der Waals surface area contributed by atoms with E-state index in [1.165, 1.54) is 0 Å². The minimum atomic E-state index is 0.0444. The summed E-state index contributed by atoms with van der Waals surface area (Å²) in [6, 6.07) is 0.0444. The smallest absolute Gasteiger partial charge is 0.239 e. The minimum absolute atomic E-state index is 0.0444. The molecule has 1 aromatic heterocycles. The highest BCUT2D eigenvalue weighted by molar-refractivity contribution is 7.09. The van der Waals surface area contributed by atoms with E-state index in [0.29, 0.717) is 0 Å². The van der Waals surface area contributed by atoms with E-state index < -0.39 is 0 Å². The number of carbonyl (C=O) groups is 1. The maximum absolute atomic E-state index is 12.1. The number of nitrogens with zero attached hydrogens (tertiary/aromatic N) is 2. The number of amides is 1. The molecule has 0 spiro atoms. The number of hydrogen-bond acceptors (Lipinski definition) is 4. The molecule has 0 aliphatic carbocycles. The van der Waals surface area contributed by atoms with Gasteiger partial charge in [-0.1, -0.05) is 6.92 Å². The Labute approximate surface area is 112 Å². The van der Waals surface area contributed by atoms with E-state index >= 15 is 0 Å². The molecule has 1 fully saturated rings. The highest BCUT2D eigenvalue weighted by Crippen LogP contribution is 2.14. The number of nitrogens with one attached hydrogen (secondary N) is 1. The molecule has 1 aliphatic rings. The second-order valence-corrected chi connectivity index (χ2v) is 5.70. The fourth-order valence-electron chi connectivity index (χ4n) is 2.22. The third-order valence-electron chi connectivity index (χ3n) is 3.20. The van der Waals surface area contributed by atoms with Crippen molar-refractivity contribution in [2.75, 3.05) is 19.6 Å². The number of aromatic nitrogens is 1. The van der Waals surface area contributed by atoms with Crippen LogP contribution in [-0.2, 0) is 11.2 Å². The van der Waals surface area contributed by atoms with E-state index in [1.54, 1.807) is 11.3 Å². The molecule has 1 atom stereocenters. The summed E-state index contributed by atoms with van der Waals surface area (Å²) in [4.78, 5) is 18.5. The topological polar surface area (TPSA) is 45.2 Å². The van der Waals surface area contributed by atoms with Gasteiger partial charge >= 0.3 is 0 Å². The first-order chi connectivity index (χ1) is 8.70. The molecule has 1 unspecified atom stereocenters. The third kappa shape index (κ3) is 3.29. The zero-order chi connectivity index (χ0) is 13.0. The Kier molecular flexibility index (Phi) is 4.72. The van der Waals surface area contributed by atoms with E-state index in [9.17, 15) is 4.79 Å². The van der Waals surface area contributed by atoms with Crippen molar-refractivity contribution in [3.63, 3.8) is 0 Å². The normalized spacial score (nSPS) is 19.8. The SMILES string of the molecule is CCCNC1CCN(CCc2nc(C)cs2)C1=O. The summed E-state index contributed by atoms with van der Waals surface area (Å²) < 4.78 is 0. The van der Waals surface area contributed by atoms with Gasteiger partial charge in [0.05, 0.1) is 11.0 Å². The van der Waals surface area contributed by atoms with E-state index in [2.05, 4.69) is 22.6 Å². The van der Waals surface area contributed by atoms with Crippen LogP contribution < -0.4 is 5.32 Å². The van der Waals surface area contributed by atoms with Crippen LogP contribution >= 0.6 is 11.3 Å². The van der Waals surface area contributed by atoms with Crippen molar-refractivity contribution < 1.29 is 4.79 Å². The third-order valence-corrected chi connectivity index (χ3v) is 4.23. The Balaban J connectivity index is 1.79. The molecule has 18 heavy (non-hydrogen) atoms. The monoisotopic (exact) mass is 267 g/mol. The van der Waals surface area contributed by atoms with E-state index in [-0.39, 0.29) is 11.9 Å². The lowest BCUT2D eigenvalue weighted by atomic mass is 10.2. The van der Waals surface area contributed by atoms with Gasteiger partial charge in [-0.25, -0.2) is 4.98 Å². The van der Waals surface area contributed by atoms with Crippen LogP contribution in [-0.4, -0.2) is 41.5 Å². The van der Waals surface area contributed by atoms with Crippen molar-refractivity contribution in [1.82, 2.24) is 15.2 Å². The van der Waals surface area contributed by atoms with Crippen molar-refractivity contribution in [3.8, 4) is 0 Å². The molecule has 1 aromatic rings. The molecule has 2 heterocycles. The molecule has 0 saturated carbocycles. The van der Waals surface area contributed by atoms with Gasteiger partial charge < -0.3 is 10.2 Å². The molecular formula is C13H21N3OS. The van der Waals surface area contributed by atoms with Gasteiger partial charge in [0.1, 0.15) is 0 Å². The first-order valence-corrected chi connectivity index (χ1v) is 7.52. The van der Waals surface area contributed by atoms with Crippen LogP contribution in [0.5, 0.6) is 0 Å². The Morgan fingerprint density at radius 3 is 3.11 bits per heavy atom. The van der Waals surface area contributed by atoms with Gasteiger partial charge in [-0.3, -0.25) is 4.79 Å². The summed E-state index contributed by atoms with van der Waals surface area (Å²) in [6.45, 7) is 6.73. The number of thiazole rings is 1. The van der Waals surface area contributed by atoms with Crippen molar-refractivity contribution in [2.24, 2.45) is 0 Å². The summed E-state index contributed by atoms with van der Waals surface area (Å²) in [7, 11) is 0. The molecule has 1 aliphatic heterocycles. The summed E-state index contributed by atoms with van der Waals surface area (Å²) in [5.41, 5.74) is 1.07. The zero-order valence-corrected chi connectivity index (χ0v) is 11.9. The lowest BCUT2D eigenvalue weighted by Gasteiger charge is -2.16. The van der Waals surface area contributed by atoms with E-state index in [0.717, 1.165) is 49.6 Å². The number of aryl methyl sites for hydroxylation is 1. The predicted molar refractivity (Wildman–Crippen MR) is 73.8 cm³/mol. The van der Waals surface area contributed by atoms with Gasteiger partial charge in [-0.2, -0.15) is 0 Å². The Hall–Kier alpha value is -0.940. The predicted octanol–water partition coefficient (Wildman–Crippen LogP) is 1.59. The summed E-state index contributed by atoms with van der Waals surface area (Å²) >= 11 is 1.68. The lowest BCUT2D eigenvalue weighted by Crippen LogP contribution is -2.39. The van der Waals surface area contributed by atoms with Crippen molar-refractivity contribution in [3.05, 3.63) is 16.1 Å². The number of likely N-dealkylation sites (tertiary alicyclic amines) is 1. The van der Waals surface area contributed by atoms with Crippen molar-refractivity contribution in [1.29, 1.82) is 0 Å². The van der Waals surface area contributed by atoms with E-state index in [1.807, 2.05) is 11.8 Å². The molecule has 2 rings (SSSR count). The van der Waals surface area contributed by atoms with Gasteiger partial charge in [0.25, 0.3) is 0 Å². The maximum atomic E-state index is 12.1. The van der Waals surface area contributed by atoms with Crippen LogP contribution in [0.4, 0.5) is 0 Å². The molecule has 1 amide bonds. The average Bonchev–Trinajstić information content (AvgIpc) is 2.92. The van der Waals surface area contributed by atoms with Gasteiger partial charge in [0.2, 0.25) is 5.91 Å². The van der Waals surface area contributed by atoms with Crippen LogP contribution in [0.2, 0.25) is 0 Å². The van der Waals surface area contributed by atoms with Crippen molar-refractivity contribution in [2.45, 2.75) is 39.2 Å². The van der Waals surface area contributed by atoms with E-state index in [4.69, 9.17) is 0 Å². The molecule has 1 N–H and O–H groups in total. The highest BCUT2D eigenvalue weighted by Gasteiger charge is 2.30. The number of carbonyl (C=O) groups excluding carboxylic acids is 1.